The Morgan fingerprint density at radius 2 is 2.21 bits per heavy atom. The smallest absolute Gasteiger partial charge is 0.148 e. The Bertz CT molecular complexity index is 286. The van der Waals surface area contributed by atoms with Gasteiger partial charge in [0, 0.05) is 17.8 Å². The van der Waals surface area contributed by atoms with E-state index >= 15 is 0 Å². The molecular formula is C10H18N4. The van der Waals surface area contributed by atoms with Crippen LogP contribution in [0.3, 0.4) is 0 Å². The van der Waals surface area contributed by atoms with E-state index in [1.54, 1.807) is 0 Å². The van der Waals surface area contributed by atoms with Crippen LogP contribution in [0.2, 0.25) is 0 Å². The summed E-state index contributed by atoms with van der Waals surface area (Å²) >= 11 is 0. The Kier molecular flexibility index (Phi) is 2.72. The molecule has 1 aromatic heterocycles. The van der Waals surface area contributed by atoms with E-state index in [2.05, 4.69) is 33.5 Å². The van der Waals surface area contributed by atoms with E-state index < -0.39 is 0 Å². The maximum atomic E-state index is 4.18. The van der Waals surface area contributed by atoms with Gasteiger partial charge in [0.15, 0.2) is 0 Å². The molecule has 0 spiro atoms. The first-order chi connectivity index (χ1) is 6.74. The van der Waals surface area contributed by atoms with E-state index in [-0.39, 0.29) is 0 Å². The maximum absolute atomic E-state index is 4.18. The van der Waals surface area contributed by atoms with Crippen LogP contribution in [-0.4, -0.2) is 41.3 Å². The number of anilines is 1. The molecule has 0 amide bonds. The van der Waals surface area contributed by atoms with Crippen molar-refractivity contribution in [3.63, 3.8) is 0 Å². The van der Waals surface area contributed by atoms with E-state index in [9.17, 15) is 0 Å². The Labute approximate surface area is 84.7 Å². The standard InChI is InChI=1S/C10H18N4/c1-8-7-10(13-12-8)11-9-3-5-14(2)6-4-9/h7,9H,3-6H2,1-2H3,(H2,11,12,13). The Morgan fingerprint density at radius 3 is 2.79 bits per heavy atom. The molecule has 78 valence electrons. The van der Waals surface area contributed by atoms with Crippen LogP contribution in [0.1, 0.15) is 18.5 Å². The number of hydrogen-bond donors (Lipinski definition) is 2. The van der Waals surface area contributed by atoms with Crippen molar-refractivity contribution in [3.05, 3.63) is 11.8 Å². The van der Waals surface area contributed by atoms with Crippen LogP contribution in [0.25, 0.3) is 0 Å². The lowest BCUT2D eigenvalue weighted by Gasteiger charge is -2.29. The summed E-state index contributed by atoms with van der Waals surface area (Å²) in [5.74, 6) is 0.983. The Hall–Kier alpha value is -1.03. The molecule has 0 bridgehead atoms. The van der Waals surface area contributed by atoms with Gasteiger partial charge >= 0.3 is 0 Å². The minimum Gasteiger partial charge on any atom is -0.366 e. The average molecular weight is 194 g/mol. The molecule has 1 aliphatic heterocycles. The molecule has 0 saturated carbocycles. The van der Waals surface area contributed by atoms with Gasteiger partial charge in [0.05, 0.1) is 0 Å². The number of nitrogens with zero attached hydrogens (tertiary/aromatic N) is 2. The highest BCUT2D eigenvalue weighted by atomic mass is 15.2. The van der Waals surface area contributed by atoms with Gasteiger partial charge < -0.3 is 10.2 Å². The summed E-state index contributed by atoms with van der Waals surface area (Å²) in [4.78, 5) is 2.37. The molecule has 1 fully saturated rings. The van der Waals surface area contributed by atoms with Gasteiger partial charge in [-0.2, -0.15) is 5.10 Å². The number of nitrogens with one attached hydrogen (secondary N) is 2. The van der Waals surface area contributed by atoms with Crippen LogP contribution in [0.15, 0.2) is 6.07 Å². The molecule has 4 nitrogen and oxygen atoms in total. The number of H-pyrrole nitrogens is 1. The fourth-order valence-corrected chi connectivity index (χ4v) is 1.85. The SMILES string of the molecule is Cc1cc(NC2CCN(C)CC2)n[nH]1. The van der Waals surface area contributed by atoms with Crippen molar-refractivity contribution in [2.24, 2.45) is 0 Å². The average Bonchev–Trinajstić information content (AvgIpc) is 2.56. The molecule has 0 atom stereocenters. The summed E-state index contributed by atoms with van der Waals surface area (Å²) in [5, 5.41) is 10.6. The van der Waals surface area contributed by atoms with Gasteiger partial charge in [-0.1, -0.05) is 0 Å². The number of aromatic nitrogens is 2. The third-order valence-electron chi connectivity index (χ3n) is 2.78. The minimum absolute atomic E-state index is 0.592. The fraction of sp³-hybridized carbons (Fsp3) is 0.700. The van der Waals surface area contributed by atoms with Crippen LogP contribution in [0, 0.1) is 6.92 Å². The quantitative estimate of drug-likeness (QED) is 0.744. The van der Waals surface area contributed by atoms with Crippen molar-refractivity contribution in [2.75, 3.05) is 25.5 Å². The second-order valence-corrected chi connectivity index (χ2v) is 4.16. The van der Waals surface area contributed by atoms with Crippen LogP contribution in [0.4, 0.5) is 5.82 Å². The fourth-order valence-electron chi connectivity index (χ4n) is 1.85. The number of piperidine rings is 1. The maximum Gasteiger partial charge on any atom is 0.148 e. The zero-order valence-electron chi connectivity index (χ0n) is 8.88. The first kappa shape index (κ1) is 9.52. The molecule has 4 heteroatoms. The lowest BCUT2D eigenvalue weighted by Crippen LogP contribution is -2.36. The Morgan fingerprint density at radius 1 is 1.50 bits per heavy atom. The minimum atomic E-state index is 0.592. The van der Waals surface area contributed by atoms with Crippen LogP contribution >= 0.6 is 0 Å². The third kappa shape index (κ3) is 2.26. The number of aromatic amines is 1. The molecular weight excluding hydrogens is 176 g/mol. The van der Waals surface area contributed by atoms with Gasteiger partial charge in [-0.05, 0) is 39.9 Å². The number of rotatable bonds is 2. The van der Waals surface area contributed by atoms with Crippen molar-refractivity contribution < 1.29 is 0 Å². The molecule has 1 saturated heterocycles. The van der Waals surface area contributed by atoms with Crippen molar-refractivity contribution in [1.29, 1.82) is 0 Å². The topological polar surface area (TPSA) is 44.0 Å². The molecule has 0 aromatic carbocycles. The van der Waals surface area contributed by atoms with Crippen molar-refractivity contribution >= 4 is 5.82 Å². The largest absolute Gasteiger partial charge is 0.366 e. The van der Waals surface area contributed by atoms with Crippen LogP contribution in [-0.2, 0) is 0 Å². The molecule has 0 unspecified atom stereocenters. The van der Waals surface area contributed by atoms with E-state index in [1.165, 1.54) is 25.9 Å². The van der Waals surface area contributed by atoms with Gasteiger partial charge in [-0.25, -0.2) is 0 Å². The van der Waals surface area contributed by atoms with Gasteiger partial charge in [-0.3, -0.25) is 5.10 Å². The van der Waals surface area contributed by atoms with Crippen molar-refractivity contribution in [3.8, 4) is 0 Å². The zero-order valence-corrected chi connectivity index (χ0v) is 8.88. The number of likely N-dealkylation sites (tertiary alicyclic amines) is 1. The molecule has 14 heavy (non-hydrogen) atoms. The summed E-state index contributed by atoms with van der Waals surface area (Å²) in [6, 6.07) is 2.65. The van der Waals surface area contributed by atoms with Gasteiger partial charge in [-0.15, -0.1) is 0 Å². The number of aryl methyl sites for hydroxylation is 1. The molecule has 1 aromatic rings. The van der Waals surface area contributed by atoms with E-state index in [4.69, 9.17) is 0 Å². The molecule has 1 aliphatic rings. The molecule has 0 aliphatic carbocycles. The highest BCUT2D eigenvalue weighted by molar-refractivity contribution is 5.36. The first-order valence-electron chi connectivity index (χ1n) is 5.21. The highest BCUT2D eigenvalue weighted by Gasteiger charge is 2.16. The monoisotopic (exact) mass is 194 g/mol. The van der Waals surface area contributed by atoms with Gasteiger partial charge in [0.25, 0.3) is 0 Å². The summed E-state index contributed by atoms with van der Waals surface area (Å²) < 4.78 is 0. The second-order valence-electron chi connectivity index (χ2n) is 4.16. The lowest BCUT2D eigenvalue weighted by molar-refractivity contribution is 0.263. The normalized spacial score (nSPS) is 19.9. The molecule has 2 heterocycles. The summed E-state index contributed by atoms with van der Waals surface area (Å²) in [5.41, 5.74) is 1.11. The van der Waals surface area contributed by atoms with Gasteiger partial charge in [0.1, 0.15) is 5.82 Å². The summed E-state index contributed by atoms with van der Waals surface area (Å²) in [6.07, 6.45) is 2.42. The van der Waals surface area contributed by atoms with Crippen LogP contribution in [0.5, 0.6) is 0 Å². The lowest BCUT2D eigenvalue weighted by atomic mass is 10.1. The third-order valence-corrected chi connectivity index (χ3v) is 2.78. The van der Waals surface area contributed by atoms with E-state index in [0.29, 0.717) is 6.04 Å². The highest BCUT2D eigenvalue weighted by Crippen LogP contribution is 2.14. The van der Waals surface area contributed by atoms with E-state index in [1.807, 2.05) is 6.92 Å². The van der Waals surface area contributed by atoms with Gasteiger partial charge in [0.2, 0.25) is 0 Å². The zero-order chi connectivity index (χ0) is 9.97. The molecule has 2 rings (SSSR count). The first-order valence-corrected chi connectivity index (χ1v) is 5.21. The number of hydrogen-bond acceptors (Lipinski definition) is 3. The molecule has 2 N–H and O–H groups in total. The molecule has 0 radical (unpaired) electrons. The van der Waals surface area contributed by atoms with Crippen LogP contribution < -0.4 is 5.32 Å². The Balaban J connectivity index is 1.86. The van der Waals surface area contributed by atoms with Crippen molar-refractivity contribution in [1.82, 2.24) is 15.1 Å². The second kappa shape index (κ2) is 4.00. The van der Waals surface area contributed by atoms with E-state index in [0.717, 1.165) is 11.5 Å². The summed E-state index contributed by atoms with van der Waals surface area (Å²) in [6.45, 7) is 4.38. The predicted molar refractivity (Wildman–Crippen MR) is 57.5 cm³/mol. The predicted octanol–water partition coefficient (Wildman–Crippen LogP) is 1.22. The summed E-state index contributed by atoms with van der Waals surface area (Å²) in [7, 11) is 2.18. The van der Waals surface area contributed by atoms with Crippen molar-refractivity contribution in [2.45, 2.75) is 25.8 Å².